The van der Waals surface area contributed by atoms with E-state index in [-0.39, 0.29) is 0 Å². The van der Waals surface area contributed by atoms with Crippen molar-refractivity contribution in [3.8, 4) is 0 Å². The van der Waals surface area contributed by atoms with E-state index in [1.54, 1.807) is 30.9 Å². The van der Waals surface area contributed by atoms with Gasteiger partial charge in [-0.1, -0.05) is 13.8 Å². The average molecular weight is 407 g/mol. The van der Waals surface area contributed by atoms with Gasteiger partial charge in [-0.15, -0.1) is 0 Å². The Hall–Kier alpha value is -1.05. The monoisotopic (exact) mass is 406 g/mol. The van der Waals surface area contributed by atoms with Crippen LogP contribution in [-0.4, -0.2) is 110 Å². The first-order valence-electron chi connectivity index (χ1n) is 9.95. The van der Waals surface area contributed by atoms with Crippen molar-refractivity contribution in [1.29, 1.82) is 0 Å². The lowest BCUT2D eigenvalue weighted by Crippen LogP contribution is -2.82. The van der Waals surface area contributed by atoms with Crippen molar-refractivity contribution >= 4 is 6.09 Å². The Morgan fingerprint density at radius 3 is 2.25 bits per heavy atom. The van der Waals surface area contributed by atoms with E-state index in [0.29, 0.717) is 39.3 Å². The number of amides is 1. The largest absolute Gasteiger partial charge is 0.464 e. The van der Waals surface area contributed by atoms with Gasteiger partial charge in [0.25, 0.3) is 0 Å². The van der Waals surface area contributed by atoms with Crippen LogP contribution >= 0.6 is 0 Å². The summed E-state index contributed by atoms with van der Waals surface area (Å²) in [6, 6.07) is 0. The molecular weight excluding hydrogens is 364 g/mol. The highest BCUT2D eigenvalue weighted by molar-refractivity contribution is 5.65. The number of hydrogen-bond donors (Lipinski definition) is 7. The number of hydrazine groups is 1. The Bertz CT molecular complexity index is 427. The molecule has 0 saturated heterocycles. The van der Waals surface area contributed by atoms with Crippen LogP contribution in [0.4, 0.5) is 4.79 Å². The lowest BCUT2D eigenvalue weighted by molar-refractivity contribution is -0.181. The van der Waals surface area contributed by atoms with Crippen molar-refractivity contribution in [2.75, 3.05) is 60.4 Å². The number of carbonyl (C=O) groups is 1. The molecule has 0 spiro atoms. The molecule has 0 aromatic heterocycles. The molecule has 1 amide bonds. The van der Waals surface area contributed by atoms with Crippen molar-refractivity contribution in [2.24, 2.45) is 5.73 Å². The van der Waals surface area contributed by atoms with Crippen LogP contribution in [0.25, 0.3) is 0 Å². The van der Waals surface area contributed by atoms with Crippen LogP contribution in [0.3, 0.4) is 0 Å². The third kappa shape index (κ3) is 7.76. The molecule has 28 heavy (non-hydrogen) atoms. The summed E-state index contributed by atoms with van der Waals surface area (Å²) < 4.78 is 0. The minimum absolute atomic E-state index is 0.328. The van der Waals surface area contributed by atoms with Gasteiger partial charge in [0.15, 0.2) is 0 Å². The molecule has 0 bridgehead atoms. The Morgan fingerprint density at radius 2 is 1.86 bits per heavy atom. The minimum atomic E-state index is -1.32. The lowest BCUT2D eigenvalue weighted by atomic mass is 10.2. The van der Waals surface area contributed by atoms with Crippen molar-refractivity contribution in [3.05, 3.63) is 0 Å². The quantitative estimate of drug-likeness (QED) is 0.119. The highest BCUT2D eigenvalue weighted by atomic mass is 16.4. The number of nitrogens with zero attached hydrogens (tertiary/aromatic N) is 3. The molecule has 8 N–H and O–H groups in total. The van der Waals surface area contributed by atoms with Crippen LogP contribution in [0.2, 0.25) is 0 Å². The molecule has 11 heteroatoms. The van der Waals surface area contributed by atoms with E-state index in [4.69, 9.17) is 5.73 Å². The number of aliphatic hydroxyl groups is 1. The van der Waals surface area contributed by atoms with Crippen LogP contribution in [0, 0.1) is 0 Å². The summed E-state index contributed by atoms with van der Waals surface area (Å²) in [6.07, 6.45) is -1.54. The molecule has 0 fully saturated rings. The van der Waals surface area contributed by atoms with Crippen LogP contribution in [0.1, 0.15) is 27.2 Å². The molecule has 0 aliphatic heterocycles. The van der Waals surface area contributed by atoms with Crippen LogP contribution in [0.5, 0.6) is 0 Å². The van der Waals surface area contributed by atoms with Gasteiger partial charge in [-0.3, -0.25) is 15.5 Å². The van der Waals surface area contributed by atoms with Gasteiger partial charge >= 0.3 is 6.09 Å². The summed E-state index contributed by atoms with van der Waals surface area (Å²) in [5, 5.41) is 36.2. The molecular formula is C17H42N8O3. The molecule has 0 saturated carbocycles. The van der Waals surface area contributed by atoms with E-state index in [1.807, 2.05) is 20.9 Å². The molecule has 11 nitrogen and oxygen atoms in total. The number of nitrogens with two attached hydrogens (primary N) is 1. The van der Waals surface area contributed by atoms with Crippen molar-refractivity contribution < 1.29 is 15.0 Å². The zero-order valence-electron chi connectivity index (χ0n) is 18.3. The third-order valence-corrected chi connectivity index (χ3v) is 4.37. The molecule has 0 aromatic rings. The van der Waals surface area contributed by atoms with E-state index in [9.17, 15) is 15.0 Å². The van der Waals surface area contributed by atoms with Gasteiger partial charge in [0, 0.05) is 32.7 Å². The topological polar surface area (TPSA) is 141 Å². The molecule has 3 unspecified atom stereocenters. The lowest BCUT2D eigenvalue weighted by Gasteiger charge is -2.52. The van der Waals surface area contributed by atoms with Gasteiger partial charge in [-0.05, 0) is 41.0 Å². The molecule has 168 valence electrons. The maximum absolute atomic E-state index is 12.4. The van der Waals surface area contributed by atoms with Gasteiger partial charge in [0.05, 0.1) is 12.3 Å². The maximum atomic E-state index is 12.4. The average Bonchev–Trinajstić information content (AvgIpc) is 2.64. The summed E-state index contributed by atoms with van der Waals surface area (Å²) in [5.74, 6) is -1.32. The second-order valence-corrected chi connectivity index (χ2v) is 6.84. The summed E-state index contributed by atoms with van der Waals surface area (Å²) in [7, 11) is 5.37. The fourth-order valence-corrected chi connectivity index (χ4v) is 2.87. The zero-order valence-corrected chi connectivity index (χ0v) is 18.3. The van der Waals surface area contributed by atoms with Gasteiger partial charge in [-0.2, -0.15) is 5.01 Å². The van der Waals surface area contributed by atoms with E-state index < -0.39 is 24.3 Å². The Kier molecular flexibility index (Phi) is 13.5. The van der Waals surface area contributed by atoms with Gasteiger partial charge in [-0.25, -0.2) is 15.1 Å². The molecule has 0 aliphatic rings. The number of likely N-dealkylation sites (N-methyl/N-ethyl adjacent to an activating group) is 2. The number of hydrogen-bond acceptors (Lipinski definition) is 9. The molecule has 0 heterocycles. The Morgan fingerprint density at radius 1 is 1.21 bits per heavy atom. The molecule has 0 aliphatic carbocycles. The summed E-state index contributed by atoms with van der Waals surface area (Å²) >= 11 is 0. The number of aliphatic hydroxyl groups excluding tert-OH is 1. The van der Waals surface area contributed by atoms with E-state index in [0.717, 1.165) is 6.42 Å². The fraction of sp³-hybridized carbons (Fsp3) is 0.941. The van der Waals surface area contributed by atoms with E-state index in [1.165, 1.54) is 5.01 Å². The first-order chi connectivity index (χ1) is 13.2. The SMILES string of the molecule is CCCNC(NC(NCCN)(N(C)C)N(C(=O)O)N(CC)CCNC)C(C)O. The van der Waals surface area contributed by atoms with Gasteiger partial charge in [0.2, 0.25) is 5.91 Å². The highest BCUT2D eigenvalue weighted by Gasteiger charge is 2.46. The highest BCUT2D eigenvalue weighted by Crippen LogP contribution is 2.17. The number of nitrogens with one attached hydrogen (secondary N) is 4. The summed E-state index contributed by atoms with van der Waals surface area (Å²) in [5.41, 5.74) is 5.71. The molecule has 0 radical (unpaired) electrons. The van der Waals surface area contributed by atoms with Gasteiger partial charge < -0.3 is 21.3 Å². The fourth-order valence-electron chi connectivity index (χ4n) is 2.87. The zero-order chi connectivity index (χ0) is 21.7. The van der Waals surface area contributed by atoms with Crippen molar-refractivity contribution in [2.45, 2.75) is 45.4 Å². The van der Waals surface area contributed by atoms with E-state index >= 15 is 0 Å². The smallest absolute Gasteiger partial charge is 0.426 e. The first kappa shape index (κ1) is 27.0. The predicted molar refractivity (Wildman–Crippen MR) is 111 cm³/mol. The van der Waals surface area contributed by atoms with Crippen molar-refractivity contribution in [1.82, 2.24) is 36.2 Å². The Labute approximate surface area is 169 Å². The summed E-state index contributed by atoms with van der Waals surface area (Å²) in [6.45, 7) is 8.55. The summed E-state index contributed by atoms with van der Waals surface area (Å²) in [4.78, 5) is 14.1. The first-order valence-corrected chi connectivity index (χ1v) is 9.95. The number of rotatable bonds is 16. The van der Waals surface area contributed by atoms with Crippen LogP contribution in [-0.2, 0) is 0 Å². The second-order valence-electron chi connectivity index (χ2n) is 6.84. The predicted octanol–water partition coefficient (Wildman–Crippen LogP) is -1.56. The molecule has 3 atom stereocenters. The molecule has 0 aromatic carbocycles. The second kappa shape index (κ2) is 14.0. The third-order valence-electron chi connectivity index (χ3n) is 4.37. The van der Waals surface area contributed by atoms with E-state index in [2.05, 4.69) is 21.3 Å². The maximum Gasteiger partial charge on any atom is 0.426 e. The minimum Gasteiger partial charge on any atom is -0.464 e. The van der Waals surface area contributed by atoms with Crippen LogP contribution < -0.4 is 27.0 Å². The Balaban J connectivity index is 6.14. The normalized spacial score (nSPS) is 16.2. The van der Waals surface area contributed by atoms with Crippen LogP contribution in [0.15, 0.2) is 0 Å². The van der Waals surface area contributed by atoms with Crippen molar-refractivity contribution in [3.63, 3.8) is 0 Å². The van der Waals surface area contributed by atoms with Gasteiger partial charge in [0.1, 0.15) is 0 Å². The number of carboxylic acid groups (broad SMARTS) is 1. The molecule has 0 rings (SSSR count). The standard InChI is InChI=1S/C17H42N8O3/c1-7-10-20-15(14(3)26)22-17(23(5)6,21-11-9-18)25(16(27)28)24(8-2)13-12-19-4/h14-15,19-22,26H,7-13,18H2,1-6H3,(H,27,28).